The second kappa shape index (κ2) is 9.86. The highest BCUT2D eigenvalue weighted by atomic mass is 31.2. The quantitative estimate of drug-likeness (QED) is 0.750. The van der Waals surface area contributed by atoms with Gasteiger partial charge in [-0.2, -0.15) is 0 Å². The molecular formula is C21H34N3O2P. The molecule has 1 amide bonds. The molecule has 1 aromatic rings. The van der Waals surface area contributed by atoms with E-state index in [0.29, 0.717) is 0 Å². The zero-order chi connectivity index (χ0) is 19.1. The summed E-state index contributed by atoms with van der Waals surface area (Å²) < 4.78 is 18.4. The van der Waals surface area contributed by atoms with Gasteiger partial charge in [-0.05, 0) is 38.2 Å². The topological polar surface area (TPSA) is 52.7 Å². The van der Waals surface area contributed by atoms with Gasteiger partial charge in [0.15, 0.2) is 0 Å². The third kappa shape index (κ3) is 5.66. The lowest BCUT2D eigenvalue weighted by molar-refractivity contribution is -0.118. The summed E-state index contributed by atoms with van der Waals surface area (Å²) in [6.45, 7) is 5.31. The predicted molar refractivity (Wildman–Crippen MR) is 111 cm³/mol. The summed E-state index contributed by atoms with van der Waals surface area (Å²) >= 11 is 0. The van der Waals surface area contributed by atoms with E-state index in [4.69, 9.17) is 0 Å². The highest BCUT2D eigenvalue weighted by molar-refractivity contribution is 7.57. The minimum atomic E-state index is -3.06. The Morgan fingerprint density at radius 2 is 1.30 bits per heavy atom. The largest absolute Gasteiger partial charge is 0.310 e. The Labute approximate surface area is 164 Å². The lowest BCUT2D eigenvalue weighted by atomic mass is 10.1. The maximum absolute atomic E-state index is 14.2. The summed E-state index contributed by atoms with van der Waals surface area (Å²) in [5, 5.41) is 3.02. The van der Waals surface area contributed by atoms with Crippen molar-refractivity contribution >= 4 is 13.5 Å². The molecule has 0 unspecified atom stereocenters. The summed E-state index contributed by atoms with van der Waals surface area (Å²) in [6, 6.07) is 8.01. The van der Waals surface area contributed by atoms with E-state index in [1.807, 2.05) is 31.2 Å². The van der Waals surface area contributed by atoms with Crippen LogP contribution in [0.5, 0.6) is 0 Å². The fraction of sp³-hybridized carbons (Fsp3) is 0.667. The van der Waals surface area contributed by atoms with E-state index in [9.17, 15) is 9.36 Å². The molecule has 2 heterocycles. The molecule has 27 heavy (non-hydrogen) atoms. The third-order valence-electron chi connectivity index (χ3n) is 5.69. The van der Waals surface area contributed by atoms with Gasteiger partial charge in [0.2, 0.25) is 5.91 Å². The van der Waals surface area contributed by atoms with Crippen molar-refractivity contribution in [3.63, 3.8) is 0 Å². The van der Waals surface area contributed by atoms with E-state index in [1.165, 1.54) is 31.2 Å². The van der Waals surface area contributed by atoms with Crippen LogP contribution in [0.15, 0.2) is 24.3 Å². The number of rotatable bonds is 5. The Kier molecular flexibility index (Phi) is 7.51. The summed E-state index contributed by atoms with van der Waals surface area (Å²) in [6.07, 6.45) is 9.28. The van der Waals surface area contributed by atoms with Gasteiger partial charge in [-0.25, -0.2) is 9.34 Å². The smallest absolute Gasteiger partial charge is 0.282 e. The first kappa shape index (κ1) is 20.6. The number of amides is 1. The Morgan fingerprint density at radius 1 is 0.852 bits per heavy atom. The number of aryl methyl sites for hydroxylation is 1. The predicted octanol–water partition coefficient (Wildman–Crippen LogP) is 4.51. The van der Waals surface area contributed by atoms with Crippen molar-refractivity contribution in [1.82, 2.24) is 14.4 Å². The van der Waals surface area contributed by atoms with Crippen LogP contribution >= 0.6 is 7.59 Å². The van der Waals surface area contributed by atoms with Crippen molar-refractivity contribution < 1.29 is 9.36 Å². The molecule has 0 aromatic heterocycles. The second-order valence-electron chi connectivity index (χ2n) is 7.98. The second-order valence-corrected chi connectivity index (χ2v) is 10.4. The number of hydrogen-bond acceptors (Lipinski definition) is 2. The first-order valence-corrected chi connectivity index (χ1v) is 12.2. The fourth-order valence-corrected chi connectivity index (χ4v) is 6.76. The van der Waals surface area contributed by atoms with Crippen molar-refractivity contribution in [2.45, 2.75) is 64.7 Å². The number of nitrogens with zero attached hydrogens (tertiary/aromatic N) is 2. The number of nitrogens with one attached hydrogen (secondary N) is 1. The van der Waals surface area contributed by atoms with Crippen LogP contribution in [0.3, 0.4) is 0 Å². The molecule has 2 saturated heterocycles. The Morgan fingerprint density at radius 3 is 1.74 bits per heavy atom. The van der Waals surface area contributed by atoms with E-state index in [2.05, 4.69) is 14.4 Å². The van der Waals surface area contributed by atoms with Gasteiger partial charge < -0.3 is 0 Å². The lowest BCUT2D eigenvalue weighted by Gasteiger charge is -2.38. The van der Waals surface area contributed by atoms with Crippen LogP contribution in [-0.4, -0.2) is 41.4 Å². The number of hydrogen-bond donors (Lipinski definition) is 1. The summed E-state index contributed by atoms with van der Waals surface area (Å²) in [7, 11) is -3.06. The fourth-order valence-electron chi connectivity index (χ4n) is 4.06. The molecule has 3 rings (SSSR count). The number of benzene rings is 1. The molecule has 0 bridgehead atoms. The Hall–Kier alpha value is -1.16. The van der Waals surface area contributed by atoms with E-state index in [1.54, 1.807) is 0 Å². The first-order valence-electron chi connectivity index (χ1n) is 10.6. The zero-order valence-corrected chi connectivity index (χ0v) is 17.6. The SMILES string of the molecule is Cc1ccc(CC(=O)NP(=O)(N2CCCCCC2)N2CCCCCC2)cc1. The van der Waals surface area contributed by atoms with Crippen molar-refractivity contribution in [3.05, 3.63) is 35.4 Å². The van der Waals surface area contributed by atoms with Gasteiger partial charge >= 0.3 is 7.59 Å². The lowest BCUT2D eigenvalue weighted by Crippen LogP contribution is -2.42. The molecule has 1 N–H and O–H groups in total. The van der Waals surface area contributed by atoms with Crippen LogP contribution in [-0.2, 0) is 15.8 Å². The van der Waals surface area contributed by atoms with Crippen molar-refractivity contribution in [2.75, 3.05) is 26.2 Å². The molecule has 0 spiro atoms. The highest BCUT2D eigenvalue weighted by Crippen LogP contribution is 2.51. The summed E-state index contributed by atoms with van der Waals surface area (Å²) in [5.41, 5.74) is 2.15. The molecule has 2 aliphatic heterocycles. The molecule has 0 aliphatic carbocycles. The monoisotopic (exact) mass is 391 g/mol. The van der Waals surface area contributed by atoms with Crippen LogP contribution in [0, 0.1) is 6.92 Å². The van der Waals surface area contributed by atoms with Gasteiger partial charge in [0.05, 0.1) is 6.42 Å². The third-order valence-corrected chi connectivity index (χ3v) is 8.56. The van der Waals surface area contributed by atoms with E-state index >= 15 is 0 Å². The van der Waals surface area contributed by atoms with E-state index < -0.39 is 7.59 Å². The van der Waals surface area contributed by atoms with Crippen LogP contribution < -0.4 is 5.09 Å². The van der Waals surface area contributed by atoms with Gasteiger partial charge in [-0.15, -0.1) is 0 Å². The molecule has 0 atom stereocenters. The van der Waals surface area contributed by atoms with Crippen molar-refractivity contribution in [3.8, 4) is 0 Å². The highest BCUT2D eigenvalue weighted by Gasteiger charge is 2.39. The molecule has 0 radical (unpaired) electrons. The van der Waals surface area contributed by atoms with Crippen LogP contribution in [0.4, 0.5) is 0 Å². The number of carbonyl (C=O) groups is 1. The summed E-state index contributed by atoms with van der Waals surface area (Å²) in [5.74, 6) is -0.129. The van der Waals surface area contributed by atoms with Crippen molar-refractivity contribution in [2.24, 2.45) is 0 Å². The van der Waals surface area contributed by atoms with E-state index in [0.717, 1.165) is 57.4 Å². The van der Waals surface area contributed by atoms with Gasteiger partial charge in [-0.1, -0.05) is 55.5 Å². The molecule has 1 aromatic carbocycles. The minimum Gasteiger partial charge on any atom is -0.282 e. The van der Waals surface area contributed by atoms with Crippen LogP contribution in [0.2, 0.25) is 0 Å². The summed E-state index contributed by atoms with van der Waals surface area (Å²) in [4.78, 5) is 12.8. The zero-order valence-electron chi connectivity index (χ0n) is 16.7. The molecule has 2 aliphatic rings. The Bertz CT molecular complexity index is 622. The van der Waals surface area contributed by atoms with Gasteiger partial charge in [0.1, 0.15) is 0 Å². The maximum atomic E-state index is 14.2. The maximum Gasteiger partial charge on any atom is 0.310 e. The molecular weight excluding hydrogens is 357 g/mol. The van der Waals surface area contributed by atoms with Gasteiger partial charge in [-0.3, -0.25) is 14.4 Å². The van der Waals surface area contributed by atoms with E-state index in [-0.39, 0.29) is 12.3 Å². The van der Waals surface area contributed by atoms with Gasteiger partial charge in [0, 0.05) is 26.2 Å². The minimum absolute atomic E-state index is 0.129. The number of carbonyl (C=O) groups excluding carboxylic acids is 1. The Balaban J connectivity index is 1.76. The van der Waals surface area contributed by atoms with Gasteiger partial charge in [0.25, 0.3) is 0 Å². The van der Waals surface area contributed by atoms with Crippen molar-refractivity contribution in [1.29, 1.82) is 0 Å². The molecule has 2 fully saturated rings. The standard InChI is InChI=1S/C21H34N3O2P/c1-19-10-12-20(13-11-19)18-21(25)22-27(26,23-14-6-2-3-7-15-23)24-16-8-4-5-9-17-24/h10-13H,2-9,14-18H2,1H3,(H,22,25,26). The average Bonchev–Trinajstić information content (AvgIpc) is 3.09. The molecule has 150 valence electrons. The average molecular weight is 391 g/mol. The van der Waals surface area contributed by atoms with Crippen LogP contribution in [0.1, 0.15) is 62.5 Å². The van der Waals surface area contributed by atoms with Crippen LogP contribution in [0.25, 0.3) is 0 Å². The molecule has 6 heteroatoms. The molecule has 5 nitrogen and oxygen atoms in total. The normalized spacial score (nSPS) is 20.6. The first-order chi connectivity index (χ1) is 13.1. The molecule has 0 saturated carbocycles.